The van der Waals surface area contributed by atoms with E-state index >= 15 is 0 Å². The molecule has 25 heavy (non-hydrogen) atoms. The first-order chi connectivity index (χ1) is 11.9. The molecule has 2 aromatic carbocycles. The van der Waals surface area contributed by atoms with E-state index in [4.69, 9.17) is 4.74 Å². The van der Waals surface area contributed by atoms with Gasteiger partial charge in [0.05, 0.1) is 24.5 Å². The summed E-state index contributed by atoms with van der Waals surface area (Å²) in [5, 5.41) is 1.17. The van der Waals surface area contributed by atoms with Crippen molar-refractivity contribution in [3.8, 4) is 5.75 Å². The summed E-state index contributed by atoms with van der Waals surface area (Å²) < 4.78 is 29.5. The van der Waals surface area contributed by atoms with Gasteiger partial charge in [-0.3, -0.25) is 4.79 Å². The van der Waals surface area contributed by atoms with E-state index in [-0.39, 0.29) is 11.7 Å². The molecule has 0 aliphatic carbocycles. The predicted molar refractivity (Wildman–Crippen MR) is 101 cm³/mol. The second kappa shape index (κ2) is 7.01. The number of rotatable bonds is 4. The molecular weight excluding hydrogens is 406 g/mol. The van der Waals surface area contributed by atoms with Gasteiger partial charge in [0.1, 0.15) is 5.75 Å². The zero-order valence-electron chi connectivity index (χ0n) is 13.4. The maximum atomic E-state index is 13.2. The predicted octanol–water partition coefficient (Wildman–Crippen LogP) is 3.42. The minimum Gasteiger partial charge on any atom is -0.497 e. The molecule has 1 heterocycles. The van der Waals surface area contributed by atoms with Crippen molar-refractivity contribution in [1.29, 1.82) is 0 Å². The average Bonchev–Trinajstić information content (AvgIpc) is 2.95. The van der Waals surface area contributed by atoms with Crippen molar-refractivity contribution in [1.82, 2.24) is 0 Å². The smallest absolute Gasteiger partial charge is 0.260 e. The Kier molecular flexibility index (Phi) is 4.96. The number of anilines is 1. The molecule has 1 aliphatic rings. The minimum absolute atomic E-state index is 0.130. The zero-order valence-corrected chi connectivity index (χ0v) is 15.8. The Morgan fingerprint density at radius 2 is 1.84 bits per heavy atom. The van der Waals surface area contributed by atoms with E-state index in [1.165, 1.54) is 10.3 Å². The molecule has 2 aromatic rings. The summed E-state index contributed by atoms with van der Waals surface area (Å²) >= 11 is 3.39. The van der Waals surface area contributed by atoms with Gasteiger partial charge in [0.2, 0.25) is 0 Å². The van der Waals surface area contributed by atoms with Crippen molar-refractivity contribution >= 4 is 37.4 Å². The monoisotopic (exact) mass is 421 g/mol. The number of nitrogens with zero attached hydrogens (tertiary/aromatic N) is 1. The number of methoxy groups -OCH3 is 1. The normalized spacial score (nSPS) is 18.1. The molecule has 7 heteroatoms. The van der Waals surface area contributed by atoms with Gasteiger partial charge in [0.15, 0.2) is 9.84 Å². The van der Waals surface area contributed by atoms with E-state index in [1.54, 1.807) is 55.7 Å². The van der Waals surface area contributed by atoms with Crippen molar-refractivity contribution in [3.05, 3.63) is 70.1 Å². The summed E-state index contributed by atoms with van der Waals surface area (Å²) in [5.41, 5.74) is 1.07. The Morgan fingerprint density at radius 1 is 1.16 bits per heavy atom. The lowest BCUT2D eigenvalue weighted by atomic mass is 10.1. The van der Waals surface area contributed by atoms with E-state index < -0.39 is 15.9 Å². The third-order valence-corrected chi connectivity index (χ3v) is 5.99. The molecule has 0 saturated carbocycles. The number of halogens is 1. The molecule has 0 saturated heterocycles. The van der Waals surface area contributed by atoms with Crippen LogP contribution in [0.5, 0.6) is 5.75 Å². The van der Waals surface area contributed by atoms with Crippen LogP contribution in [-0.2, 0) is 9.84 Å². The quantitative estimate of drug-likeness (QED) is 0.758. The first-order valence-electron chi connectivity index (χ1n) is 7.54. The molecule has 0 N–H and O–H groups in total. The highest BCUT2D eigenvalue weighted by atomic mass is 79.9. The SMILES string of the molecule is COc1ccc(N(C(=O)c2ccccc2Br)[C@H]2C=CS(=O)(=O)C2)cc1. The fourth-order valence-electron chi connectivity index (χ4n) is 2.69. The summed E-state index contributed by atoms with van der Waals surface area (Å²) in [5.74, 6) is 0.255. The molecule has 0 fully saturated rings. The van der Waals surface area contributed by atoms with Gasteiger partial charge in [-0.05, 0) is 58.4 Å². The Balaban J connectivity index is 2.04. The highest BCUT2D eigenvalue weighted by molar-refractivity contribution is 9.10. The van der Waals surface area contributed by atoms with Gasteiger partial charge >= 0.3 is 0 Å². The van der Waals surface area contributed by atoms with Crippen LogP contribution in [0.15, 0.2) is 64.5 Å². The van der Waals surface area contributed by atoms with Crippen molar-refractivity contribution in [2.24, 2.45) is 0 Å². The molecule has 1 atom stereocenters. The lowest BCUT2D eigenvalue weighted by molar-refractivity contribution is 0.0982. The van der Waals surface area contributed by atoms with Gasteiger partial charge in [0.25, 0.3) is 5.91 Å². The maximum absolute atomic E-state index is 13.2. The molecule has 3 rings (SSSR count). The number of carbonyl (C=O) groups excluding carboxylic acids is 1. The highest BCUT2D eigenvalue weighted by Gasteiger charge is 2.32. The number of benzene rings is 2. The van der Waals surface area contributed by atoms with E-state index in [0.717, 1.165) is 0 Å². The van der Waals surface area contributed by atoms with Crippen LogP contribution in [0.1, 0.15) is 10.4 Å². The van der Waals surface area contributed by atoms with E-state index in [1.807, 2.05) is 6.07 Å². The Bertz CT molecular complexity index is 922. The Morgan fingerprint density at radius 3 is 2.40 bits per heavy atom. The second-order valence-corrected chi connectivity index (χ2v) is 8.36. The van der Waals surface area contributed by atoms with Crippen LogP contribution in [-0.4, -0.2) is 33.2 Å². The average molecular weight is 422 g/mol. The van der Waals surface area contributed by atoms with Gasteiger partial charge in [0, 0.05) is 15.6 Å². The lowest BCUT2D eigenvalue weighted by Crippen LogP contribution is -2.41. The molecule has 0 radical (unpaired) electrons. The number of hydrogen-bond acceptors (Lipinski definition) is 4. The van der Waals surface area contributed by atoms with E-state index in [0.29, 0.717) is 21.5 Å². The second-order valence-electron chi connectivity index (χ2n) is 5.58. The standard InChI is InChI=1S/C18H16BrNO4S/c1-24-15-8-6-13(7-9-15)20(14-10-11-25(22,23)12-14)18(21)16-4-2-3-5-17(16)19/h2-11,14H,12H2,1H3/t14-/m0/s1. The summed E-state index contributed by atoms with van der Waals surface area (Å²) in [6.45, 7) is 0. The fraction of sp³-hybridized carbons (Fsp3) is 0.167. The molecule has 1 amide bonds. The zero-order chi connectivity index (χ0) is 18.0. The molecule has 0 spiro atoms. The van der Waals surface area contributed by atoms with Gasteiger partial charge in [-0.1, -0.05) is 12.1 Å². The number of carbonyl (C=O) groups is 1. The van der Waals surface area contributed by atoms with E-state index in [2.05, 4.69) is 15.9 Å². The molecule has 130 valence electrons. The van der Waals surface area contributed by atoms with Crippen LogP contribution in [0.25, 0.3) is 0 Å². The third-order valence-electron chi connectivity index (χ3n) is 3.92. The van der Waals surface area contributed by atoms with Crippen molar-refractivity contribution < 1.29 is 17.9 Å². The highest BCUT2D eigenvalue weighted by Crippen LogP contribution is 2.28. The fourth-order valence-corrected chi connectivity index (χ4v) is 4.41. The molecule has 1 aliphatic heterocycles. The van der Waals surface area contributed by atoms with Gasteiger partial charge in [-0.15, -0.1) is 0 Å². The van der Waals surface area contributed by atoms with Gasteiger partial charge < -0.3 is 9.64 Å². The van der Waals surface area contributed by atoms with Crippen LogP contribution in [0, 0.1) is 0 Å². The first-order valence-corrected chi connectivity index (χ1v) is 10.1. The minimum atomic E-state index is -3.30. The molecule has 5 nitrogen and oxygen atoms in total. The number of amides is 1. The maximum Gasteiger partial charge on any atom is 0.260 e. The van der Waals surface area contributed by atoms with Gasteiger partial charge in [-0.25, -0.2) is 8.42 Å². The topological polar surface area (TPSA) is 63.7 Å². The van der Waals surface area contributed by atoms with Crippen LogP contribution in [0.3, 0.4) is 0 Å². The number of hydrogen-bond donors (Lipinski definition) is 0. The lowest BCUT2D eigenvalue weighted by Gasteiger charge is -2.28. The van der Waals surface area contributed by atoms with Crippen molar-refractivity contribution in [3.63, 3.8) is 0 Å². The van der Waals surface area contributed by atoms with Crippen LogP contribution < -0.4 is 9.64 Å². The van der Waals surface area contributed by atoms with Gasteiger partial charge in [-0.2, -0.15) is 0 Å². The van der Waals surface area contributed by atoms with Crippen molar-refractivity contribution in [2.75, 3.05) is 17.8 Å². The largest absolute Gasteiger partial charge is 0.497 e. The van der Waals surface area contributed by atoms with Crippen molar-refractivity contribution in [2.45, 2.75) is 6.04 Å². The number of sulfone groups is 1. The summed E-state index contributed by atoms with van der Waals surface area (Å²) in [6, 6.07) is 13.5. The molecule has 0 bridgehead atoms. The number of ether oxygens (including phenoxy) is 1. The molecular formula is C18H16BrNO4S. The Labute approximate surface area is 155 Å². The van der Waals surface area contributed by atoms with E-state index in [9.17, 15) is 13.2 Å². The van der Waals surface area contributed by atoms with Crippen LogP contribution in [0.4, 0.5) is 5.69 Å². The first kappa shape index (κ1) is 17.7. The Hall–Kier alpha value is -2.12. The molecule has 0 aromatic heterocycles. The summed E-state index contributed by atoms with van der Waals surface area (Å²) in [7, 11) is -1.74. The van der Waals surface area contributed by atoms with Crippen LogP contribution >= 0.6 is 15.9 Å². The summed E-state index contributed by atoms with van der Waals surface area (Å²) in [6.07, 6.45) is 1.55. The summed E-state index contributed by atoms with van der Waals surface area (Å²) in [4.78, 5) is 14.7. The van der Waals surface area contributed by atoms with Crippen LogP contribution in [0.2, 0.25) is 0 Å². The molecule has 0 unspecified atom stereocenters. The third kappa shape index (κ3) is 3.77.